The van der Waals surface area contributed by atoms with Crippen molar-refractivity contribution in [3.8, 4) is 0 Å². The van der Waals surface area contributed by atoms with Gasteiger partial charge >= 0.3 is 0 Å². The monoisotopic (exact) mass is 234 g/mol. The summed E-state index contributed by atoms with van der Waals surface area (Å²) in [7, 11) is 0. The van der Waals surface area contributed by atoms with Gasteiger partial charge in [-0.05, 0) is 44.1 Å². The lowest BCUT2D eigenvalue weighted by Gasteiger charge is -2.16. The predicted molar refractivity (Wildman–Crippen MR) is 71.0 cm³/mol. The summed E-state index contributed by atoms with van der Waals surface area (Å²) in [5.74, 6) is 0. The van der Waals surface area contributed by atoms with E-state index in [0.29, 0.717) is 5.38 Å². The SMILES string of the molecule is ClC1C=C(CCCc2ccccc2)CCC1. The van der Waals surface area contributed by atoms with E-state index in [1.54, 1.807) is 5.57 Å². The van der Waals surface area contributed by atoms with Gasteiger partial charge in [-0.3, -0.25) is 0 Å². The normalized spacial score (nSPS) is 20.6. The van der Waals surface area contributed by atoms with Crippen LogP contribution in [-0.4, -0.2) is 5.38 Å². The summed E-state index contributed by atoms with van der Waals surface area (Å²) in [4.78, 5) is 0. The number of aryl methyl sites for hydroxylation is 1. The molecule has 1 atom stereocenters. The smallest absolute Gasteiger partial charge is 0.0518 e. The molecule has 1 aromatic rings. The van der Waals surface area contributed by atoms with Crippen LogP contribution in [-0.2, 0) is 6.42 Å². The van der Waals surface area contributed by atoms with E-state index in [2.05, 4.69) is 36.4 Å². The van der Waals surface area contributed by atoms with Crippen LogP contribution >= 0.6 is 11.6 Å². The first-order valence-corrected chi connectivity index (χ1v) is 6.66. The summed E-state index contributed by atoms with van der Waals surface area (Å²) in [6.07, 6.45) is 9.62. The molecule has 16 heavy (non-hydrogen) atoms. The van der Waals surface area contributed by atoms with Gasteiger partial charge in [0.2, 0.25) is 0 Å². The summed E-state index contributed by atoms with van der Waals surface area (Å²) < 4.78 is 0. The molecule has 0 radical (unpaired) electrons. The van der Waals surface area contributed by atoms with Crippen LogP contribution in [0.25, 0.3) is 0 Å². The summed E-state index contributed by atoms with van der Waals surface area (Å²) in [6.45, 7) is 0. The van der Waals surface area contributed by atoms with Gasteiger partial charge in [0, 0.05) is 0 Å². The standard InChI is InChI=1S/C15H19Cl/c16-15-11-5-10-14(12-15)9-4-8-13-6-2-1-3-7-13/h1-3,6-7,12,15H,4-5,8-11H2. The third-order valence-electron chi connectivity index (χ3n) is 3.20. The molecule has 0 saturated carbocycles. The Balaban J connectivity index is 1.76. The Morgan fingerprint density at radius 3 is 2.69 bits per heavy atom. The van der Waals surface area contributed by atoms with E-state index in [1.807, 2.05) is 0 Å². The lowest BCUT2D eigenvalue weighted by Crippen LogP contribution is -2.03. The van der Waals surface area contributed by atoms with E-state index < -0.39 is 0 Å². The van der Waals surface area contributed by atoms with Crippen LogP contribution in [0.4, 0.5) is 0 Å². The van der Waals surface area contributed by atoms with Crippen molar-refractivity contribution in [2.45, 2.75) is 43.9 Å². The summed E-state index contributed by atoms with van der Waals surface area (Å²) in [5, 5.41) is 0.292. The molecule has 86 valence electrons. The zero-order chi connectivity index (χ0) is 11.2. The van der Waals surface area contributed by atoms with E-state index in [9.17, 15) is 0 Å². The maximum absolute atomic E-state index is 6.13. The minimum absolute atomic E-state index is 0.292. The van der Waals surface area contributed by atoms with E-state index in [0.717, 1.165) is 6.42 Å². The number of allylic oxidation sites excluding steroid dienone is 2. The van der Waals surface area contributed by atoms with E-state index in [-0.39, 0.29) is 0 Å². The topological polar surface area (TPSA) is 0 Å². The number of hydrogen-bond donors (Lipinski definition) is 0. The molecule has 0 spiro atoms. The molecule has 0 N–H and O–H groups in total. The molecule has 1 unspecified atom stereocenters. The Kier molecular flexibility index (Phi) is 4.47. The van der Waals surface area contributed by atoms with Crippen LogP contribution in [0, 0.1) is 0 Å². The Hall–Kier alpha value is -0.750. The highest BCUT2D eigenvalue weighted by Crippen LogP contribution is 2.25. The number of rotatable bonds is 4. The van der Waals surface area contributed by atoms with Crippen LogP contribution in [0.15, 0.2) is 42.0 Å². The van der Waals surface area contributed by atoms with Crippen molar-refractivity contribution in [3.63, 3.8) is 0 Å². The molecule has 1 heteroatoms. The Bertz CT molecular complexity index is 340. The molecule has 0 heterocycles. The maximum atomic E-state index is 6.13. The van der Waals surface area contributed by atoms with Crippen LogP contribution < -0.4 is 0 Å². The molecule has 0 fully saturated rings. The molecular formula is C15H19Cl. The highest BCUT2D eigenvalue weighted by Gasteiger charge is 2.10. The summed E-state index contributed by atoms with van der Waals surface area (Å²) in [5.41, 5.74) is 3.02. The third-order valence-corrected chi connectivity index (χ3v) is 3.54. The van der Waals surface area contributed by atoms with Crippen molar-refractivity contribution in [2.75, 3.05) is 0 Å². The lowest BCUT2D eigenvalue weighted by molar-refractivity contribution is 0.663. The molecule has 0 aliphatic heterocycles. The third kappa shape index (κ3) is 3.68. The minimum Gasteiger partial charge on any atom is -0.118 e. The molecular weight excluding hydrogens is 216 g/mol. The number of alkyl halides is 1. The molecule has 0 nitrogen and oxygen atoms in total. The van der Waals surface area contributed by atoms with E-state index >= 15 is 0 Å². The fourth-order valence-electron chi connectivity index (χ4n) is 2.32. The molecule has 2 rings (SSSR count). The van der Waals surface area contributed by atoms with Crippen LogP contribution in [0.5, 0.6) is 0 Å². The number of hydrogen-bond acceptors (Lipinski definition) is 0. The molecule has 0 bridgehead atoms. The lowest BCUT2D eigenvalue weighted by atomic mass is 9.94. The first kappa shape index (κ1) is 11.7. The highest BCUT2D eigenvalue weighted by atomic mass is 35.5. The second-order valence-electron chi connectivity index (χ2n) is 4.57. The second-order valence-corrected chi connectivity index (χ2v) is 5.13. The summed E-state index contributed by atoms with van der Waals surface area (Å²) in [6, 6.07) is 10.7. The van der Waals surface area contributed by atoms with Crippen LogP contribution in [0.3, 0.4) is 0 Å². The van der Waals surface area contributed by atoms with Crippen molar-refractivity contribution in [2.24, 2.45) is 0 Å². The van der Waals surface area contributed by atoms with Crippen molar-refractivity contribution in [1.82, 2.24) is 0 Å². The van der Waals surface area contributed by atoms with Crippen molar-refractivity contribution < 1.29 is 0 Å². The average molecular weight is 235 g/mol. The van der Waals surface area contributed by atoms with Crippen LogP contribution in [0.1, 0.15) is 37.7 Å². The van der Waals surface area contributed by atoms with Gasteiger partial charge in [0.05, 0.1) is 5.38 Å². The Morgan fingerprint density at radius 2 is 1.94 bits per heavy atom. The maximum Gasteiger partial charge on any atom is 0.0518 e. The largest absolute Gasteiger partial charge is 0.118 e. The van der Waals surface area contributed by atoms with Gasteiger partial charge in [0.25, 0.3) is 0 Å². The van der Waals surface area contributed by atoms with Gasteiger partial charge in [-0.1, -0.05) is 42.0 Å². The van der Waals surface area contributed by atoms with Gasteiger partial charge in [0.15, 0.2) is 0 Å². The van der Waals surface area contributed by atoms with Gasteiger partial charge < -0.3 is 0 Å². The molecule has 1 aliphatic rings. The van der Waals surface area contributed by atoms with Gasteiger partial charge in [-0.15, -0.1) is 11.6 Å². The molecule has 1 aliphatic carbocycles. The van der Waals surface area contributed by atoms with Gasteiger partial charge in [0.1, 0.15) is 0 Å². The summed E-state index contributed by atoms with van der Waals surface area (Å²) >= 11 is 6.13. The molecule has 1 aromatic carbocycles. The quantitative estimate of drug-likeness (QED) is 0.522. The molecule has 0 saturated heterocycles. The number of halogens is 1. The second kappa shape index (κ2) is 6.10. The highest BCUT2D eigenvalue weighted by molar-refractivity contribution is 6.21. The first-order valence-electron chi connectivity index (χ1n) is 6.22. The van der Waals surface area contributed by atoms with Gasteiger partial charge in [-0.25, -0.2) is 0 Å². The zero-order valence-electron chi connectivity index (χ0n) is 9.66. The van der Waals surface area contributed by atoms with E-state index in [1.165, 1.54) is 37.7 Å². The van der Waals surface area contributed by atoms with Crippen molar-refractivity contribution in [1.29, 1.82) is 0 Å². The fraction of sp³-hybridized carbons (Fsp3) is 0.467. The number of benzene rings is 1. The molecule has 0 aromatic heterocycles. The fourth-order valence-corrected chi connectivity index (χ4v) is 2.65. The molecule has 0 amide bonds. The van der Waals surface area contributed by atoms with Crippen molar-refractivity contribution >= 4 is 11.6 Å². The van der Waals surface area contributed by atoms with Crippen molar-refractivity contribution in [3.05, 3.63) is 47.5 Å². The van der Waals surface area contributed by atoms with Gasteiger partial charge in [-0.2, -0.15) is 0 Å². The Morgan fingerprint density at radius 1 is 1.12 bits per heavy atom. The Labute approximate surface area is 103 Å². The minimum atomic E-state index is 0.292. The van der Waals surface area contributed by atoms with E-state index in [4.69, 9.17) is 11.6 Å². The zero-order valence-corrected chi connectivity index (χ0v) is 10.4. The average Bonchev–Trinajstić information content (AvgIpc) is 2.30. The first-order chi connectivity index (χ1) is 7.84. The predicted octanol–water partition coefficient (Wildman–Crippen LogP) is 4.73. The van der Waals surface area contributed by atoms with Crippen LogP contribution in [0.2, 0.25) is 0 Å².